The number of para-hydroxylation sites is 2. The van der Waals surface area contributed by atoms with Crippen LogP contribution in [0.15, 0.2) is 97.1 Å². The van der Waals surface area contributed by atoms with E-state index in [0.717, 1.165) is 52.4 Å². The molecule has 1 aliphatic heterocycles. The number of aliphatic hydroxyl groups is 1. The van der Waals surface area contributed by atoms with Gasteiger partial charge in [-0.05, 0) is 67.3 Å². The zero-order chi connectivity index (χ0) is 30.6. The molecule has 0 radical (unpaired) electrons. The first-order valence-corrected chi connectivity index (χ1v) is 15.5. The van der Waals surface area contributed by atoms with Crippen LogP contribution in [0, 0.1) is 0 Å². The fourth-order valence-electron chi connectivity index (χ4n) is 5.75. The molecule has 4 aromatic carbocycles. The van der Waals surface area contributed by atoms with E-state index in [1.54, 1.807) is 0 Å². The van der Waals surface area contributed by atoms with Crippen molar-refractivity contribution in [2.24, 2.45) is 0 Å². The van der Waals surface area contributed by atoms with E-state index in [4.69, 9.17) is 28.8 Å². The summed E-state index contributed by atoms with van der Waals surface area (Å²) < 4.78 is 29.7. The van der Waals surface area contributed by atoms with Crippen LogP contribution in [0.5, 0.6) is 11.5 Å². The number of ether oxygens (including phenoxy) is 5. The van der Waals surface area contributed by atoms with Crippen LogP contribution in [-0.2, 0) is 26.2 Å². The van der Waals surface area contributed by atoms with Crippen molar-refractivity contribution in [3.63, 3.8) is 0 Å². The van der Waals surface area contributed by atoms with E-state index in [9.17, 15) is 0 Å². The minimum atomic E-state index is -0.716. The highest BCUT2D eigenvalue weighted by Crippen LogP contribution is 2.52. The highest BCUT2D eigenvalue weighted by Gasteiger charge is 2.44. The monoisotopic (exact) mass is 597 g/mol. The predicted octanol–water partition coefficient (Wildman–Crippen LogP) is 6.51. The van der Waals surface area contributed by atoms with Crippen LogP contribution in [0.25, 0.3) is 0 Å². The predicted molar refractivity (Wildman–Crippen MR) is 173 cm³/mol. The van der Waals surface area contributed by atoms with Crippen LogP contribution in [0.2, 0.25) is 0 Å². The average Bonchev–Trinajstić information content (AvgIpc) is 3.07. The van der Waals surface area contributed by atoms with Gasteiger partial charge in [0.1, 0.15) is 30.3 Å². The molecule has 1 N–H and O–H groups in total. The Balaban J connectivity index is 1.07. The largest absolute Gasteiger partial charge is 0.491 e. The van der Waals surface area contributed by atoms with Gasteiger partial charge in [0.25, 0.3) is 0 Å². The van der Waals surface area contributed by atoms with Gasteiger partial charge in [-0.2, -0.15) is 0 Å². The van der Waals surface area contributed by atoms with Crippen molar-refractivity contribution in [1.29, 1.82) is 0 Å². The molecular formula is C37H43NO6. The molecule has 0 bridgehead atoms. The summed E-state index contributed by atoms with van der Waals surface area (Å²) >= 11 is 0. The first kappa shape index (κ1) is 31.5. The maximum atomic E-state index is 8.94. The van der Waals surface area contributed by atoms with Crippen molar-refractivity contribution in [2.45, 2.75) is 25.4 Å². The molecule has 0 spiro atoms. The van der Waals surface area contributed by atoms with Gasteiger partial charge < -0.3 is 33.7 Å². The Morgan fingerprint density at radius 1 is 0.636 bits per heavy atom. The van der Waals surface area contributed by atoms with E-state index < -0.39 is 5.60 Å². The smallest absolute Gasteiger partial charge is 0.147 e. The summed E-state index contributed by atoms with van der Waals surface area (Å²) in [5, 5.41) is 8.94. The maximum Gasteiger partial charge on any atom is 0.147 e. The van der Waals surface area contributed by atoms with Gasteiger partial charge in [-0.15, -0.1) is 0 Å². The van der Waals surface area contributed by atoms with Crippen molar-refractivity contribution in [2.75, 3.05) is 64.8 Å². The lowest BCUT2D eigenvalue weighted by molar-refractivity contribution is 0.0211. The molecule has 1 heterocycles. The number of hydrogen-bond donors (Lipinski definition) is 1. The van der Waals surface area contributed by atoms with Gasteiger partial charge in [-0.3, -0.25) is 0 Å². The highest BCUT2D eigenvalue weighted by atomic mass is 16.6. The summed E-state index contributed by atoms with van der Waals surface area (Å²) in [7, 11) is 2.11. The molecule has 0 unspecified atom stereocenters. The van der Waals surface area contributed by atoms with Crippen molar-refractivity contribution in [3.05, 3.63) is 119 Å². The number of anilines is 2. The molecule has 0 aromatic heterocycles. The molecule has 5 rings (SSSR count). The average molecular weight is 598 g/mol. The zero-order valence-electron chi connectivity index (χ0n) is 25.7. The Morgan fingerprint density at radius 2 is 1.14 bits per heavy atom. The SMILES string of the molecule is CCOC1(c2ccc(OCCOCCOCCOc3ccc(CCCO)cc3)cc2)c2ccccc2N(C)c2ccccc21. The number of hydrogen-bond acceptors (Lipinski definition) is 7. The molecule has 0 fully saturated rings. The molecule has 0 saturated heterocycles. The van der Waals surface area contributed by atoms with Crippen molar-refractivity contribution in [1.82, 2.24) is 0 Å². The van der Waals surface area contributed by atoms with Crippen molar-refractivity contribution < 1.29 is 28.8 Å². The second kappa shape index (κ2) is 15.7. The van der Waals surface area contributed by atoms with Gasteiger partial charge >= 0.3 is 0 Å². The topological polar surface area (TPSA) is 69.6 Å². The molecule has 0 aliphatic carbocycles. The number of aliphatic hydroxyl groups excluding tert-OH is 1. The lowest BCUT2D eigenvalue weighted by Gasteiger charge is -2.44. The Kier molecular flexibility index (Phi) is 11.3. The molecule has 7 nitrogen and oxygen atoms in total. The third-order valence-electron chi connectivity index (χ3n) is 7.82. The Bertz CT molecular complexity index is 1390. The molecule has 44 heavy (non-hydrogen) atoms. The van der Waals surface area contributed by atoms with E-state index in [1.165, 1.54) is 5.56 Å². The van der Waals surface area contributed by atoms with Crippen LogP contribution >= 0.6 is 0 Å². The molecular weight excluding hydrogens is 554 g/mol. The number of rotatable bonds is 17. The molecule has 0 saturated carbocycles. The summed E-state index contributed by atoms with van der Waals surface area (Å²) in [5.74, 6) is 1.60. The Labute approximate surface area is 260 Å². The Morgan fingerprint density at radius 3 is 1.66 bits per heavy atom. The minimum absolute atomic E-state index is 0.209. The van der Waals surface area contributed by atoms with E-state index >= 15 is 0 Å². The van der Waals surface area contributed by atoms with Crippen LogP contribution in [0.1, 0.15) is 35.6 Å². The summed E-state index contributed by atoms with van der Waals surface area (Å²) in [6, 6.07) is 33.1. The van der Waals surface area contributed by atoms with Crippen LogP contribution in [0.3, 0.4) is 0 Å². The lowest BCUT2D eigenvalue weighted by Crippen LogP contribution is -2.39. The second-order valence-electron chi connectivity index (χ2n) is 10.6. The van der Waals surface area contributed by atoms with E-state index in [0.29, 0.717) is 46.2 Å². The van der Waals surface area contributed by atoms with Crippen molar-refractivity contribution in [3.8, 4) is 11.5 Å². The zero-order valence-corrected chi connectivity index (χ0v) is 25.7. The van der Waals surface area contributed by atoms with Gasteiger partial charge in [-0.1, -0.05) is 60.7 Å². The van der Waals surface area contributed by atoms with Gasteiger partial charge in [0.15, 0.2) is 0 Å². The normalized spacial score (nSPS) is 13.3. The van der Waals surface area contributed by atoms with Gasteiger partial charge in [0.2, 0.25) is 0 Å². The first-order valence-electron chi connectivity index (χ1n) is 15.5. The second-order valence-corrected chi connectivity index (χ2v) is 10.6. The fourth-order valence-corrected chi connectivity index (χ4v) is 5.75. The summed E-state index contributed by atoms with van der Waals surface area (Å²) in [6.45, 7) is 5.70. The molecule has 7 heteroatoms. The third-order valence-corrected chi connectivity index (χ3v) is 7.82. The van der Waals surface area contributed by atoms with Crippen LogP contribution in [-0.4, -0.2) is 65.0 Å². The standard InChI is InChI=1S/C37H43NO6/c1-3-44-37(33-10-4-6-12-35(33)38(2)36-13-7-5-11-34(36)37)30-16-20-32(21-17-30)43-28-26-41-24-23-40-25-27-42-31-18-14-29(15-19-31)9-8-22-39/h4-7,10-21,39H,3,8-9,22-28H2,1-2H3. The fraction of sp³-hybridized carbons (Fsp3) is 0.351. The molecule has 0 atom stereocenters. The summed E-state index contributed by atoms with van der Waals surface area (Å²) in [6.07, 6.45) is 1.64. The van der Waals surface area contributed by atoms with Gasteiger partial charge in [0, 0.05) is 42.8 Å². The molecule has 0 amide bonds. The minimum Gasteiger partial charge on any atom is -0.491 e. The number of aryl methyl sites for hydroxylation is 1. The van der Waals surface area contributed by atoms with Gasteiger partial charge in [0.05, 0.1) is 26.4 Å². The highest BCUT2D eigenvalue weighted by molar-refractivity contribution is 5.79. The molecule has 4 aromatic rings. The van der Waals surface area contributed by atoms with Crippen LogP contribution in [0.4, 0.5) is 11.4 Å². The van der Waals surface area contributed by atoms with Crippen molar-refractivity contribution >= 4 is 11.4 Å². The van der Waals surface area contributed by atoms with Gasteiger partial charge in [-0.25, -0.2) is 0 Å². The number of benzene rings is 4. The Hall–Kier alpha value is -3.88. The summed E-state index contributed by atoms with van der Waals surface area (Å²) in [4.78, 5) is 2.24. The van der Waals surface area contributed by atoms with Crippen LogP contribution < -0.4 is 14.4 Å². The number of fused-ring (bicyclic) bond motifs is 2. The lowest BCUT2D eigenvalue weighted by atomic mass is 9.76. The summed E-state index contributed by atoms with van der Waals surface area (Å²) in [5.41, 5.74) is 6.06. The quantitative estimate of drug-likeness (QED) is 0.139. The third kappa shape index (κ3) is 7.25. The maximum absolute atomic E-state index is 8.94. The first-order chi connectivity index (χ1) is 21.7. The van der Waals surface area contributed by atoms with E-state index in [2.05, 4.69) is 72.6 Å². The number of nitrogens with zero attached hydrogens (tertiary/aromatic N) is 1. The van der Waals surface area contributed by atoms with E-state index in [1.807, 2.05) is 43.3 Å². The molecule has 1 aliphatic rings. The molecule has 232 valence electrons. The van der Waals surface area contributed by atoms with E-state index in [-0.39, 0.29) is 6.61 Å².